The summed E-state index contributed by atoms with van der Waals surface area (Å²) in [6, 6.07) is 0. The first kappa shape index (κ1) is 8.92. The molecule has 0 aliphatic heterocycles. The van der Waals surface area contributed by atoms with Crippen LogP contribution in [-0.2, 0) is 0 Å². The molecule has 0 spiro atoms. The van der Waals surface area contributed by atoms with Gasteiger partial charge in [-0.15, -0.1) is 0 Å². The van der Waals surface area contributed by atoms with E-state index < -0.39 is 0 Å². The zero-order valence-corrected chi connectivity index (χ0v) is 7.94. The first-order valence-electron chi connectivity index (χ1n) is 2.61. The molecule has 0 aromatic rings. The van der Waals surface area contributed by atoms with Crippen LogP contribution in [0.3, 0.4) is 0 Å². The number of halogens is 2. The lowest BCUT2D eigenvalue weighted by Crippen LogP contribution is -2.16. The lowest BCUT2D eigenvalue weighted by atomic mass is 10.3. The van der Waals surface area contributed by atoms with Gasteiger partial charge in [0.05, 0.1) is 11.4 Å². The summed E-state index contributed by atoms with van der Waals surface area (Å²) < 4.78 is 0. The second-order valence-corrected chi connectivity index (χ2v) is 3.98. The molecule has 0 saturated carbocycles. The second-order valence-electron chi connectivity index (χ2n) is 1.62. The standard InChI is InChI=1S/C5H10Br2O/c1-2-4(6)5(7)3-8/h4-5,8H,2-3H2,1H3/t4-,5+/m0/s1. The van der Waals surface area contributed by atoms with Gasteiger partial charge in [-0.1, -0.05) is 38.8 Å². The van der Waals surface area contributed by atoms with Gasteiger partial charge in [-0.2, -0.15) is 0 Å². The van der Waals surface area contributed by atoms with Crippen LogP contribution < -0.4 is 0 Å². The van der Waals surface area contributed by atoms with E-state index in [0.29, 0.717) is 4.83 Å². The van der Waals surface area contributed by atoms with E-state index in [2.05, 4.69) is 38.8 Å². The molecule has 0 unspecified atom stereocenters. The minimum absolute atomic E-state index is 0.198. The first-order valence-corrected chi connectivity index (χ1v) is 4.44. The Bertz CT molecular complexity index is 50.4. The molecular formula is C5H10Br2O. The average molecular weight is 246 g/mol. The topological polar surface area (TPSA) is 20.2 Å². The zero-order chi connectivity index (χ0) is 6.57. The number of hydrogen-bond acceptors (Lipinski definition) is 1. The van der Waals surface area contributed by atoms with Gasteiger partial charge in [0.15, 0.2) is 0 Å². The van der Waals surface area contributed by atoms with E-state index in [-0.39, 0.29) is 11.4 Å². The summed E-state index contributed by atoms with van der Waals surface area (Å²) in [7, 11) is 0. The molecule has 1 nitrogen and oxygen atoms in total. The summed E-state index contributed by atoms with van der Waals surface area (Å²) in [6.07, 6.45) is 1.04. The highest BCUT2D eigenvalue weighted by atomic mass is 79.9. The molecule has 8 heavy (non-hydrogen) atoms. The Balaban J connectivity index is 3.29. The largest absolute Gasteiger partial charge is 0.395 e. The van der Waals surface area contributed by atoms with Gasteiger partial charge in [0, 0.05) is 4.83 Å². The number of aliphatic hydroxyl groups is 1. The van der Waals surface area contributed by atoms with Crippen molar-refractivity contribution in [2.24, 2.45) is 0 Å². The van der Waals surface area contributed by atoms with Crippen molar-refractivity contribution in [3.63, 3.8) is 0 Å². The first-order chi connectivity index (χ1) is 3.72. The SMILES string of the molecule is CC[C@H](Br)[C@H](Br)CO. The lowest BCUT2D eigenvalue weighted by molar-refractivity contribution is 0.294. The van der Waals surface area contributed by atoms with Crippen molar-refractivity contribution >= 4 is 31.9 Å². The molecule has 0 fully saturated rings. The molecule has 0 rings (SSSR count). The van der Waals surface area contributed by atoms with E-state index >= 15 is 0 Å². The normalized spacial score (nSPS) is 18.0. The van der Waals surface area contributed by atoms with Gasteiger partial charge in [0.2, 0.25) is 0 Å². The minimum Gasteiger partial charge on any atom is -0.395 e. The van der Waals surface area contributed by atoms with Crippen molar-refractivity contribution in [1.82, 2.24) is 0 Å². The maximum absolute atomic E-state index is 8.56. The molecule has 0 aliphatic rings. The quantitative estimate of drug-likeness (QED) is 0.754. The van der Waals surface area contributed by atoms with Crippen LogP contribution in [0, 0.1) is 0 Å². The fraction of sp³-hybridized carbons (Fsp3) is 1.00. The number of aliphatic hydroxyl groups excluding tert-OH is 1. The lowest BCUT2D eigenvalue weighted by Gasteiger charge is -2.10. The fourth-order valence-corrected chi connectivity index (χ4v) is 0.911. The van der Waals surface area contributed by atoms with Crippen molar-refractivity contribution in [3.05, 3.63) is 0 Å². The van der Waals surface area contributed by atoms with Crippen LogP contribution in [0.4, 0.5) is 0 Å². The molecule has 50 valence electrons. The monoisotopic (exact) mass is 244 g/mol. The predicted octanol–water partition coefficient (Wildman–Crippen LogP) is 1.92. The maximum atomic E-state index is 8.56. The average Bonchev–Trinajstić information content (AvgIpc) is 1.84. The van der Waals surface area contributed by atoms with Gasteiger partial charge in [-0.3, -0.25) is 0 Å². The van der Waals surface area contributed by atoms with E-state index in [1.807, 2.05) is 0 Å². The molecule has 0 aliphatic carbocycles. The van der Waals surface area contributed by atoms with Crippen molar-refractivity contribution < 1.29 is 5.11 Å². The highest BCUT2D eigenvalue weighted by Crippen LogP contribution is 2.16. The van der Waals surface area contributed by atoms with Crippen LogP contribution >= 0.6 is 31.9 Å². The van der Waals surface area contributed by atoms with E-state index in [9.17, 15) is 0 Å². The Morgan fingerprint density at radius 1 is 1.38 bits per heavy atom. The molecule has 3 heteroatoms. The van der Waals surface area contributed by atoms with Crippen LogP contribution in [0.1, 0.15) is 13.3 Å². The van der Waals surface area contributed by atoms with Crippen LogP contribution in [-0.4, -0.2) is 21.4 Å². The summed E-state index contributed by atoms with van der Waals surface area (Å²) >= 11 is 6.70. The third kappa shape index (κ3) is 3.05. The summed E-state index contributed by atoms with van der Waals surface area (Å²) in [5, 5.41) is 8.56. The third-order valence-corrected chi connectivity index (χ3v) is 3.88. The van der Waals surface area contributed by atoms with Gasteiger partial charge in [0.1, 0.15) is 0 Å². The zero-order valence-electron chi connectivity index (χ0n) is 4.77. The van der Waals surface area contributed by atoms with Crippen LogP contribution in [0.25, 0.3) is 0 Å². The molecule has 0 aromatic carbocycles. The van der Waals surface area contributed by atoms with Crippen LogP contribution in [0.5, 0.6) is 0 Å². The van der Waals surface area contributed by atoms with E-state index in [1.165, 1.54) is 0 Å². The third-order valence-electron chi connectivity index (χ3n) is 0.957. The van der Waals surface area contributed by atoms with Crippen molar-refractivity contribution in [3.8, 4) is 0 Å². The Kier molecular flexibility index (Phi) is 5.31. The minimum atomic E-state index is 0.198. The van der Waals surface area contributed by atoms with Gasteiger partial charge in [-0.25, -0.2) is 0 Å². The summed E-state index contributed by atoms with van der Waals surface area (Å²) in [5.74, 6) is 0. The van der Waals surface area contributed by atoms with Gasteiger partial charge < -0.3 is 5.11 Å². The highest BCUT2D eigenvalue weighted by molar-refractivity contribution is 9.12. The highest BCUT2D eigenvalue weighted by Gasteiger charge is 2.10. The van der Waals surface area contributed by atoms with Crippen molar-refractivity contribution in [2.75, 3.05) is 6.61 Å². The maximum Gasteiger partial charge on any atom is 0.0567 e. The molecule has 0 amide bonds. The summed E-state index contributed by atoms with van der Waals surface area (Å²) in [6.45, 7) is 2.27. The second kappa shape index (κ2) is 4.77. The van der Waals surface area contributed by atoms with E-state index in [1.54, 1.807) is 0 Å². The summed E-state index contributed by atoms with van der Waals surface area (Å²) in [5.41, 5.74) is 0. The van der Waals surface area contributed by atoms with Crippen molar-refractivity contribution in [2.45, 2.75) is 23.0 Å². The Morgan fingerprint density at radius 2 is 1.88 bits per heavy atom. The fourth-order valence-electron chi connectivity index (χ4n) is 0.370. The molecular weight excluding hydrogens is 236 g/mol. The smallest absolute Gasteiger partial charge is 0.0567 e. The number of hydrogen-bond donors (Lipinski definition) is 1. The van der Waals surface area contributed by atoms with Crippen LogP contribution in [0.2, 0.25) is 0 Å². The summed E-state index contributed by atoms with van der Waals surface area (Å²) in [4.78, 5) is 0.597. The molecule has 1 N–H and O–H groups in total. The Morgan fingerprint density at radius 3 is 2.00 bits per heavy atom. The molecule has 2 atom stereocenters. The molecule has 0 heterocycles. The Hall–Kier alpha value is 0.920. The molecule has 0 aromatic heterocycles. The van der Waals surface area contributed by atoms with Gasteiger partial charge in [-0.05, 0) is 6.42 Å². The Labute approximate surface area is 66.7 Å². The molecule has 0 saturated heterocycles. The molecule has 0 bridgehead atoms. The van der Waals surface area contributed by atoms with Crippen LogP contribution in [0.15, 0.2) is 0 Å². The molecule has 0 radical (unpaired) electrons. The number of rotatable bonds is 3. The van der Waals surface area contributed by atoms with E-state index in [0.717, 1.165) is 6.42 Å². The van der Waals surface area contributed by atoms with Gasteiger partial charge >= 0.3 is 0 Å². The number of alkyl halides is 2. The van der Waals surface area contributed by atoms with E-state index in [4.69, 9.17) is 5.11 Å². The van der Waals surface area contributed by atoms with Gasteiger partial charge in [0.25, 0.3) is 0 Å². The predicted molar refractivity (Wildman–Crippen MR) is 42.8 cm³/mol. The van der Waals surface area contributed by atoms with Crippen molar-refractivity contribution in [1.29, 1.82) is 0 Å².